The van der Waals surface area contributed by atoms with E-state index in [9.17, 15) is 9.18 Å². The topological polar surface area (TPSA) is 36.4 Å². The summed E-state index contributed by atoms with van der Waals surface area (Å²) in [6.45, 7) is 7.11. The van der Waals surface area contributed by atoms with E-state index in [1.54, 1.807) is 17.0 Å². The van der Waals surface area contributed by atoms with E-state index in [1.165, 1.54) is 23.5 Å². The largest absolute Gasteiger partial charge is 0.302 e. The third-order valence-corrected chi connectivity index (χ3v) is 5.99. The van der Waals surface area contributed by atoms with Crippen molar-refractivity contribution < 1.29 is 9.18 Å². The number of hydrogen-bond acceptors (Lipinski definition) is 4. The van der Waals surface area contributed by atoms with Crippen molar-refractivity contribution in [2.75, 3.05) is 31.1 Å². The minimum Gasteiger partial charge on any atom is -0.302 e. The van der Waals surface area contributed by atoms with Gasteiger partial charge in [-0.2, -0.15) is 0 Å². The predicted molar refractivity (Wildman–Crippen MR) is 120 cm³/mol. The lowest BCUT2D eigenvalue weighted by Crippen LogP contribution is -2.39. The van der Waals surface area contributed by atoms with Gasteiger partial charge in [0.15, 0.2) is 5.13 Å². The molecular weight excluding hydrogens is 465 g/mol. The lowest BCUT2D eigenvalue weighted by Gasteiger charge is -2.24. The van der Waals surface area contributed by atoms with Gasteiger partial charge in [-0.05, 0) is 43.4 Å². The van der Waals surface area contributed by atoms with Gasteiger partial charge in [-0.15, -0.1) is 12.4 Å². The van der Waals surface area contributed by atoms with Crippen molar-refractivity contribution in [2.45, 2.75) is 13.8 Å². The average molecular weight is 487 g/mol. The first-order valence-corrected chi connectivity index (χ1v) is 10.5. The second-order valence-electron chi connectivity index (χ2n) is 6.07. The van der Waals surface area contributed by atoms with Crippen LogP contribution in [0.2, 0.25) is 0 Å². The van der Waals surface area contributed by atoms with E-state index in [1.807, 2.05) is 18.2 Å². The van der Waals surface area contributed by atoms with Crippen LogP contribution < -0.4 is 4.90 Å². The van der Waals surface area contributed by atoms with Gasteiger partial charge in [0.25, 0.3) is 5.91 Å². The van der Waals surface area contributed by atoms with Gasteiger partial charge < -0.3 is 4.90 Å². The molecule has 1 aromatic heterocycles. The van der Waals surface area contributed by atoms with Crippen LogP contribution in [0, 0.1) is 5.82 Å². The van der Waals surface area contributed by atoms with Crippen molar-refractivity contribution in [1.29, 1.82) is 0 Å². The summed E-state index contributed by atoms with van der Waals surface area (Å²) >= 11 is 4.90. The van der Waals surface area contributed by atoms with Crippen LogP contribution in [0.1, 0.15) is 24.2 Å². The van der Waals surface area contributed by atoms with Gasteiger partial charge in [-0.1, -0.05) is 53.2 Å². The molecule has 150 valence electrons. The van der Waals surface area contributed by atoms with E-state index in [0.29, 0.717) is 18.2 Å². The summed E-state index contributed by atoms with van der Waals surface area (Å²) in [5.74, 6) is -0.877. The molecular formula is C20H22BrClFN3OS. The van der Waals surface area contributed by atoms with Crippen molar-refractivity contribution in [3.63, 3.8) is 0 Å². The van der Waals surface area contributed by atoms with Gasteiger partial charge in [0.05, 0.1) is 15.8 Å². The van der Waals surface area contributed by atoms with Crippen LogP contribution >= 0.6 is 39.7 Å². The standard InChI is InChI=1S/C20H21BrFN3OS.ClH/c1-3-24(4-2)11-12-25(19(26)15-7-5-6-8-16(15)22)20-23-17-10-9-14(21)13-18(17)27-20;/h5-10,13H,3-4,11-12H2,1-2H3;1H. The summed E-state index contributed by atoms with van der Waals surface area (Å²) < 4.78 is 16.2. The van der Waals surface area contributed by atoms with Crippen LogP contribution in [-0.4, -0.2) is 42.0 Å². The Morgan fingerprint density at radius 3 is 2.54 bits per heavy atom. The third-order valence-electron chi connectivity index (χ3n) is 4.45. The number of benzene rings is 2. The molecule has 0 unspecified atom stereocenters. The number of carbonyl (C=O) groups excluding carboxylic acids is 1. The molecule has 0 aliphatic rings. The zero-order valence-electron chi connectivity index (χ0n) is 15.7. The first kappa shape index (κ1) is 22.7. The van der Waals surface area contributed by atoms with Gasteiger partial charge in [-0.25, -0.2) is 9.37 Å². The molecule has 3 rings (SSSR count). The molecule has 1 heterocycles. The van der Waals surface area contributed by atoms with Gasteiger partial charge >= 0.3 is 0 Å². The second kappa shape index (κ2) is 10.3. The van der Waals surface area contributed by atoms with Crippen LogP contribution in [0.25, 0.3) is 10.2 Å². The molecule has 0 aliphatic heterocycles. The molecule has 0 saturated heterocycles. The number of amides is 1. The Balaban J connectivity index is 0.00000280. The van der Waals surface area contributed by atoms with E-state index >= 15 is 0 Å². The number of carbonyl (C=O) groups is 1. The summed E-state index contributed by atoms with van der Waals surface area (Å²) in [5, 5.41) is 0.587. The fourth-order valence-electron chi connectivity index (χ4n) is 2.85. The number of anilines is 1. The Kier molecular flexibility index (Phi) is 8.37. The van der Waals surface area contributed by atoms with Crippen molar-refractivity contribution in [2.24, 2.45) is 0 Å². The van der Waals surface area contributed by atoms with E-state index in [0.717, 1.165) is 27.8 Å². The summed E-state index contributed by atoms with van der Waals surface area (Å²) in [4.78, 5) is 21.6. The number of rotatable bonds is 7. The van der Waals surface area contributed by atoms with Gasteiger partial charge in [0.2, 0.25) is 0 Å². The summed E-state index contributed by atoms with van der Waals surface area (Å²) in [6.07, 6.45) is 0. The zero-order valence-corrected chi connectivity index (χ0v) is 18.9. The number of thiazole rings is 1. The SMILES string of the molecule is CCN(CC)CCN(C(=O)c1ccccc1F)c1nc2ccc(Br)cc2s1.Cl. The van der Waals surface area contributed by atoms with Crippen LogP contribution in [0.15, 0.2) is 46.9 Å². The molecule has 0 aliphatic carbocycles. The number of fused-ring (bicyclic) bond motifs is 1. The van der Waals surface area contributed by atoms with Gasteiger partial charge in [0.1, 0.15) is 5.82 Å². The monoisotopic (exact) mass is 485 g/mol. The van der Waals surface area contributed by atoms with Crippen LogP contribution in [0.5, 0.6) is 0 Å². The van der Waals surface area contributed by atoms with E-state index < -0.39 is 5.82 Å². The molecule has 0 fully saturated rings. The van der Waals surface area contributed by atoms with E-state index in [4.69, 9.17) is 0 Å². The molecule has 0 atom stereocenters. The molecule has 8 heteroatoms. The highest BCUT2D eigenvalue weighted by Gasteiger charge is 2.24. The minimum absolute atomic E-state index is 0. The maximum Gasteiger partial charge on any atom is 0.263 e. The first-order valence-electron chi connectivity index (χ1n) is 8.88. The highest BCUT2D eigenvalue weighted by atomic mass is 79.9. The highest BCUT2D eigenvalue weighted by Crippen LogP contribution is 2.31. The normalized spacial score (nSPS) is 10.9. The minimum atomic E-state index is -0.515. The predicted octanol–water partition coefficient (Wildman–Crippen LogP) is 5.61. The van der Waals surface area contributed by atoms with Crippen molar-refractivity contribution >= 4 is 60.9 Å². The van der Waals surface area contributed by atoms with Gasteiger partial charge in [0, 0.05) is 17.6 Å². The average Bonchev–Trinajstić information content (AvgIpc) is 3.08. The van der Waals surface area contributed by atoms with Crippen molar-refractivity contribution in [3.05, 3.63) is 58.3 Å². The fraction of sp³-hybridized carbons (Fsp3) is 0.300. The summed E-state index contributed by atoms with van der Waals surface area (Å²) in [5.41, 5.74) is 0.893. The first-order chi connectivity index (χ1) is 13.0. The molecule has 0 saturated carbocycles. The molecule has 3 aromatic rings. The Morgan fingerprint density at radius 2 is 1.86 bits per heavy atom. The van der Waals surface area contributed by atoms with Crippen LogP contribution in [-0.2, 0) is 0 Å². The Bertz CT molecular complexity index is 948. The second-order valence-corrected chi connectivity index (χ2v) is 8.00. The van der Waals surface area contributed by atoms with Gasteiger partial charge in [-0.3, -0.25) is 9.69 Å². The van der Waals surface area contributed by atoms with Crippen LogP contribution in [0.3, 0.4) is 0 Å². The lowest BCUT2D eigenvalue weighted by molar-refractivity contribution is 0.0980. The highest BCUT2D eigenvalue weighted by molar-refractivity contribution is 9.10. The van der Waals surface area contributed by atoms with Crippen molar-refractivity contribution in [1.82, 2.24) is 9.88 Å². The van der Waals surface area contributed by atoms with E-state index in [2.05, 4.69) is 39.7 Å². The van der Waals surface area contributed by atoms with Crippen molar-refractivity contribution in [3.8, 4) is 0 Å². The Morgan fingerprint density at radius 1 is 1.14 bits per heavy atom. The number of nitrogens with zero attached hydrogens (tertiary/aromatic N) is 3. The third kappa shape index (κ3) is 5.08. The molecule has 28 heavy (non-hydrogen) atoms. The molecule has 0 N–H and O–H groups in total. The summed E-state index contributed by atoms with van der Waals surface area (Å²) in [7, 11) is 0. The number of aromatic nitrogens is 1. The number of halogens is 3. The molecule has 2 aromatic carbocycles. The fourth-order valence-corrected chi connectivity index (χ4v) is 4.39. The molecule has 0 spiro atoms. The van der Waals surface area contributed by atoms with Crippen LogP contribution in [0.4, 0.5) is 9.52 Å². The molecule has 4 nitrogen and oxygen atoms in total. The quantitative estimate of drug-likeness (QED) is 0.436. The summed E-state index contributed by atoms with van der Waals surface area (Å²) in [6, 6.07) is 11.9. The number of hydrogen-bond donors (Lipinski definition) is 0. The molecule has 0 radical (unpaired) electrons. The van der Waals surface area contributed by atoms with E-state index in [-0.39, 0.29) is 23.9 Å². The Labute approximate surface area is 182 Å². The Hall–Kier alpha value is -1.54. The number of likely N-dealkylation sites (N-methyl/N-ethyl adjacent to an activating group) is 1. The lowest BCUT2D eigenvalue weighted by atomic mass is 10.2. The molecule has 0 bridgehead atoms. The molecule has 1 amide bonds. The zero-order chi connectivity index (χ0) is 19.4. The maximum atomic E-state index is 14.2. The smallest absolute Gasteiger partial charge is 0.263 e. The maximum absolute atomic E-state index is 14.2.